The lowest BCUT2D eigenvalue weighted by molar-refractivity contribution is 0.0986. The Morgan fingerprint density at radius 3 is 2.52 bits per heavy atom. The molecule has 0 N–H and O–H groups in total. The Hall–Kier alpha value is -2.29. The van der Waals surface area contributed by atoms with E-state index < -0.39 is 0 Å². The summed E-state index contributed by atoms with van der Waals surface area (Å²) in [5.74, 6) is 2.30. The molecule has 2 aromatic carbocycles. The third kappa shape index (κ3) is 5.50. The predicted octanol–water partition coefficient (Wildman–Crippen LogP) is 5.02. The molecule has 3 aromatic rings. The first-order valence-electron chi connectivity index (χ1n) is 10.2. The second kappa shape index (κ2) is 10.8. The number of carbonyl (C=O) groups is 1. The van der Waals surface area contributed by atoms with Crippen LogP contribution in [0.5, 0.6) is 11.5 Å². The monoisotopic (exact) mass is 459 g/mol. The van der Waals surface area contributed by atoms with Gasteiger partial charge in [-0.15, -0.1) is 11.8 Å². The third-order valence-corrected chi connectivity index (χ3v) is 6.72. The molecule has 0 saturated heterocycles. The number of carbonyl (C=O) groups excluding carboxylic acids is 1. The minimum absolute atomic E-state index is 0.0469. The zero-order valence-electron chi connectivity index (χ0n) is 18.7. The van der Waals surface area contributed by atoms with Crippen LogP contribution in [0.4, 0.5) is 5.13 Å². The van der Waals surface area contributed by atoms with Gasteiger partial charge in [-0.05, 0) is 63.1 Å². The minimum atomic E-state index is -0.0469. The number of thiazole rings is 1. The van der Waals surface area contributed by atoms with Crippen molar-refractivity contribution in [3.8, 4) is 11.5 Å². The molecule has 31 heavy (non-hydrogen) atoms. The van der Waals surface area contributed by atoms with Gasteiger partial charge in [0.05, 0.1) is 14.2 Å². The van der Waals surface area contributed by atoms with Crippen molar-refractivity contribution in [1.82, 2.24) is 9.88 Å². The molecule has 0 bridgehead atoms. The van der Waals surface area contributed by atoms with Gasteiger partial charge in [0.25, 0.3) is 5.91 Å². The fraction of sp³-hybridized carbons (Fsp3) is 0.391. The second-order valence-electron chi connectivity index (χ2n) is 7.22. The fourth-order valence-corrected chi connectivity index (χ4v) is 5.08. The van der Waals surface area contributed by atoms with Crippen LogP contribution >= 0.6 is 23.1 Å². The lowest BCUT2D eigenvalue weighted by Gasteiger charge is -2.21. The van der Waals surface area contributed by atoms with Gasteiger partial charge < -0.3 is 14.4 Å². The molecule has 0 aliphatic rings. The largest absolute Gasteiger partial charge is 0.495 e. The van der Waals surface area contributed by atoms with Gasteiger partial charge >= 0.3 is 0 Å². The first-order valence-corrected chi connectivity index (χ1v) is 12.0. The maximum Gasteiger partial charge on any atom is 0.260 e. The Bertz CT molecular complexity index is 995. The SMILES string of the molecule is CCSc1cccc(C(=O)N(CCCN(C)C)c2nc3c(OC)ccc(OC)c3s2)c1. The number of thioether (sulfide) groups is 1. The number of amides is 1. The van der Waals surface area contributed by atoms with Gasteiger partial charge in [-0.3, -0.25) is 9.69 Å². The van der Waals surface area contributed by atoms with E-state index in [4.69, 9.17) is 14.5 Å². The van der Waals surface area contributed by atoms with Crippen LogP contribution in [-0.4, -0.2) is 62.9 Å². The van der Waals surface area contributed by atoms with E-state index in [-0.39, 0.29) is 5.91 Å². The Morgan fingerprint density at radius 2 is 1.84 bits per heavy atom. The summed E-state index contributed by atoms with van der Waals surface area (Å²) < 4.78 is 11.9. The molecule has 1 aromatic heterocycles. The molecule has 1 amide bonds. The molecule has 6 nitrogen and oxygen atoms in total. The molecule has 0 saturated carbocycles. The van der Waals surface area contributed by atoms with E-state index in [1.165, 1.54) is 11.3 Å². The van der Waals surface area contributed by atoms with Crippen LogP contribution in [0.25, 0.3) is 10.2 Å². The average molecular weight is 460 g/mol. The van der Waals surface area contributed by atoms with E-state index in [1.54, 1.807) is 30.9 Å². The highest BCUT2D eigenvalue weighted by Crippen LogP contribution is 2.40. The number of anilines is 1. The van der Waals surface area contributed by atoms with Gasteiger partial charge in [-0.1, -0.05) is 24.3 Å². The van der Waals surface area contributed by atoms with Crippen LogP contribution < -0.4 is 14.4 Å². The lowest BCUT2D eigenvalue weighted by Crippen LogP contribution is -2.33. The first-order chi connectivity index (χ1) is 15.0. The number of benzene rings is 2. The summed E-state index contributed by atoms with van der Waals surface area (Å²) in [4.78, 5) is 23.4. The highest BCUT2D eigenvalue weighted by Gasteiger charge is 2.23. The van der Waals surface area contributed by atoms with Gasteiger partial charge in [-0.2, -0.15) is 0 Å². The van der Waals surface area contributed by atoms with Crippen molar-refractivity contribution in [2.75, 3.05) is 52.1 Å². The van der Waals surface area contributed by atoms with Crippen molar-refractivity contribution in [3.63, 3.8) is 0 Å². The van der Waals surface area contributed by atoms with Crippen molar-refractivity contribution in [2.24, 2.45) is 0 Å². The number of hydrogen-bond donors (Lipinski definition) is 0. The van der Waals surface area contributed by atoms with Crippen molar-refractivity contribution >= 4 is 44.4 Å². The van der Waals surface area contributed by atoms with E-state index >= 15 is 0 Å². The van der Waals surface area contributed by atoms with Gasteiger partial charge in [0.2, 0.25) is 0 Å². The second-order valence-corrected chi connectivity index (χ2v) is 9.53. The molecular formula is C23H29N3O3S2. The van der Waals surface area contributed by atoms with Crippen LogP contribution in [-0.2, 0) is 0 Å². The third-order valence-electron chi connectivity index (χ3n) is 4.75. The van der Waals surface area contributed by atoms with Crippen LogP contribution in [0, 0.1) is 0 Å². The standard InChI is InChI=1S/C23H29N3O3S2/c1-6-30-17-10-7-9-16(15-17)22(27)26(14-8-13-25(2)3)23-24-20-18(28-4)11-12-19(29-5)21(20)31-23/h7,9-12,15H,6,8,13-14H2,1-5H3. The Morgan fingerprint density at radius 1 is 1.10 bits per heavy atom. The Balaban J connectivity index is 2.02. The van der Waals surface area contributed by atoms with Crippen molar-refractivity contribution in [2.45, 2.75) is 18.2 Å². The molecule has 0 aliphatic carbocycles. The van der Waals surface area contributed by atoms with E-state index in [0.29, 0.717) is 28.5 Å². The average Bonchev–Trinajstić information content (AvgIpc) is 3.21. The zero-order chi connectivity index (χ0) is 22.4. The van der Waals surface area contributed by atoms with E-state index in [9.17, 15) is 4.79 Å². The number of fused-ring (bicyclic) bond motifs is 1. The number of nitrogens with zero attached hydrogens (tertiary/aromatic N) is 3. The van der Waals surface area contributed by atoms with Gasteiger partial charge in [0, 0.05) is 17.0 Å². The lowest BCUT2D eigenvalue weighted by atomic mass is 10.2. The maximum atomic E-state index is 13.6. The Labute approximate surface area is 192 Å². The van der Waals surface area contributed by atoms with Gasteiger partial charge in [0.1, 0.15) is 21.7 Å². The highest BCUT2D eigenvalue weighted by molar-refractivity contribution is 7.99. The summed E-state index contributed by atoms with van der Waals surface area (Å²) in [6.07, 6.45) is 0.840. The zero-order valence-corrected chi connectivity index (χ0v) is 20.3. The summed E-state index contributed by atoms with van der Waals surface area (Å²) in [7, 11) is 7.32. The van der Waals surface area contributed by atoms with E-state index in [1.807, 2.05) is 50.5 Å². The maximum absolute atomic E-state index is 13.6. The quantitative estimate of drug-likeness (QED) is 0.397. The van der Waals surface area contributed by atoms with E-state index in [2.05, 4.69) is 11.8 Å². The molecule has 0 aliphatic heterocycles. The molecule has 3 rings (SSSR count). The topological polar surface area (TPSA) is 54.9 Å². The van der Waals surface area contributed by atoms with Crippen molar-refractivity contribution in [3.05, 3.63) is 42.0 Å². The number of ether oxygens (including phenoxy) is 2. The summed E-state index contributed by atoms with van der Waals surface area (Å²) in [5, 5.41) is 0.648. The molecule has 1 heterocycles. The molecule has 0 spiro atoms. The Kier molecular flexibility index (Phi) is 8.17. The van der Waals surface area contributed by atoms with Crippen LogP contribution in [0.2, 0.25) is 0 Å². The number of rotatable bonds is 10. The van der Waals surface area contributed by atoms with Gasteiger partial charge in [0.15, 0.2) is 5.13 Å². The number of aromatic nitrogens is 1. The summed E-state index contributed by atoms with van der Waals surface area (Å²) in [5.41, 5.74) is 1.38. The normalized spacial score (nSPS) is 11.2. The number of hydrogen-bond acceptors (Lipinski definition) is 7. The van der Waals surface area contributed by atoms with Crippen molar-refractivity contribution in [1.29, 1.82) is 0 Å². The van der Waals surface area contributed by atoms with E-state index in [0.717, 1.165) is 34.1 Å². The molecule has 8 heteroatoms. The van der Waals surface area contributed by atoms with Crippen LogP contribution in [0.3, 0.4) is 0 Å². The minimum Gasteiger partial charge on any atom is -0.495 e. The molecule has 0 radical (unpaired) electrons. The van der Waals surface area contributed by atoms with Crippen LogP contribution in [0.15, 0.2) is 41.3 Å². The van der Waals surface area contributed by atoms with Crippen LogP contribution in [0.1, 0.15) is 23.7 Å². The smallest absolute Gasteiger partial charge is 0.260 e. The van der Waals surface area contributed by atoms with Crippen molar-refractivity contribution < 1.29 is 14.3 Å². The molecule has 0 fully saturated rings. The molecule has 0 unspecified atom stereocenters. The molecular weight excluding hydrogens is 430 g/mol. The highest BCUT2D eigenvalue weighted by atomic mass is 32.2. The first kappa shape index (κ1) is 23.4. The predicted molar refractivity (Wildman–Crippen MR) is 130 cm³/mol. The summed E-state index contributed by atoms with van der Waals surface area (Å²) >= 11 is 3.18. The fourth-order valence-electron chi connectivity index (χ4n) is 3.26. The summed E-state index contributed by atoms with van der Waals surface area (Å²) in [6.45, 7) is 3.56. The molecule has 0 atom stereocenters. The number of methoxy groups -OCH3 is 2. The van der Waals surface area contributed by atoms with Gasteiger partial charge in [-0.25, -0.2) is 4.98 Å². The summed E-state index contributed by atoms with van der Waals surface area (Å²) in [6, 6.07) is 11.5. The molecule has 166 valence electrons.